The average Bonchev–Trinajstić information content (AvgIpc) is 2.80. The topological polar surface area (TPSA) is 50.4 Å². The van der Waals surface area contributed by atoms with Crippen LogP contribution in [0.2, 0.25) is 0 Å². The summed E-state index contributed by atoms with van der Waals surface area (Å²) in [7, 11) is 0. The molecule has 0 aromatic carbocycles. The van der Waals surface area contributed by atoms with Crippen molar-refractivity contribution in [1.82, 2.24) is 10.8 Å². The van der Waals surface area contributed by atoms with E-state index < -0.39 is 5.92 Å². The molecule has 98 valence electrons. The molecule has 0 spiro atoms. The number of hydrogen-bond acceptors (Lipinski definition) is 4. The molecule has 1 heterocycles. The van der Waals surface area contributed by atoms with Crippen molar-refractivity contribution in [2.45, 2.75) is 56.5 Å². The van der Waals surface area contributed by atoms with Gasteiger partial charge in [0.2, 0.25) is 5.92 Å². The highest BCUT2D eigenvalue weighted by Gasteiger charge is 2.35. The van der Waals surface area contributed by atoms with Crippen LogP contribution in [0.1, 0.15) is 38.5 Å². The predicted octanol–water partition coefficient (Wildman–Crippen LogP) is 1.36. The Morgan fingerprint density at radius 3 is 2.59 bits per heavy atom. The summed E-state index contributed by atoms with van der Waals surface area (Å²) in [6, 6.07) is -0.382. The first-order valence-electron chi connectivity index (χ1n) is 6.14. The summed E-state index contributed by atoms with van der Waals surface area (Å²) in [4.78, 5) is 16.5. The predicted molar refractivity (Wildman–Crippen MR) is 57.5 cm³/mol. The molecule has 4 nitrogen and oxygen atoms in total. The van der Waals surface area contributed by atoms with Crippen LogP contribution in [0.15, 0.2) is 0 Å². The third kappa shape index (κ3) is 3.61. The second-order valence-corrected chi connectivity index (χ2v) is 4.82. The molecule has 1 aliphatic carbocycles. The van der Waals surface area contributed by atoms with Gasteiger partial charge in [-0.25, -0.2) is 13.6 Å². The van der Waals surface area contributed by atoms with E-state index in [2.05, 4.69) is 10.8 Å². The molecule has 2 aliphatic rings. The maximum atomic E-state index is 12.9. The first-order valence-corrected chi connectivity index (χ1v) is 6.14. The molecule has 0 bridgehead atoms. The fourth-order valence-electron chi connectivity index (χ4n) is 2.26. The van der Waals surface area contributed by atoms with Gasteiger partial charge in [-0.05, 0) is 32.2 Å². The molecule has 2 rings (SSSR count). The Kier molecular flexibility index (Phi) is 3.93. The first-order chi connectivity index (χ1) is 8.07. The number of rotatable bonds is 3. The van der Waals surface area contributed by atoms with Crippen LogP contribution in [-0.4, -0.2) is 30.5 Å². The number of carbonyl (C=O) groups excluding carboxylic acids is 1. The van der Waals surface area contributed by atoms with Gasteiger partial charge in [-0.2, -0.15) is 0 Å². The zero-order valence-corrected chi connectivity index (χ0v) is 9.68. The van der Waals surface area contributed by atoms with Gasteiger partial charge in [0.05, 0.1) is 0 Å². The number of hydroxylamine groups is 1. The van der Waals surface area contributed by atoms with Crippen molar-refractivity contribution in [3.63, 3.8) is 0 Å². The largest absolute Gasteiger partial charge is 0.369 e. The van der Waals surface area contributed by atoms with Crippen molar-refractivity contribution in [2.24, 2.45) is 0 Å². The van der Waals surface area contributed by atoms with Crippen LogP contribution < -0.4 is 10.8 Å². The summed E-state index contributed by atoms with van der Waals surface area (Å²) < 4.78 is 25.8. The quantitative estimate of drug-likeness (QED) is 0.741. The summed E-state index contributed by atoms with van der Waals surface area (Å²) in [5, 5.41) is 3.02. The Balaban J connectivity index is 1.67. The summed E-state index contributed by atoms with van der Waals surface area (Å²) in [5.41, 5.74) is 2.61. The molecule has 0 aromatic heterocycles. The molecule has 17 heavy (non-hydrogen) atoms. The molecule has 1 aliphatic heterocycles. The standard InChI is InChI=1S/C11H18F2N2O2/c12-11(13)5-3-8(4-6-11)15-17-10(16)9-2-1-7-14-9/h8-9,14-15H,1-7H2. The van der Waals surface area contributed by atoms with Crippen molar-refractivity contribution in [3.8, 4) is 0 Å². The molecule has 0 aromatic rings. The van der Waals surface area contributed by atoms with Crippen molar-refractivity contribution < 1.29 is 18.4 Å². The van der Waals surface area contributed by atoms with Crippen LogP contribution >= 0.6 is 0 Å². The molecule has 1 saturated heterocycles. The fourth-order valence-corrected chi connectivity index (χ4v) is 2.26. The Hall–Kier alpha value is -0.750. The van der Waals surface area contributed by atoms with Gasteiger partial charge in [-0.1, -0.05) is 0 Å². The highest BCUT2D eigenvalue weighted by molar-refractivity contribution is 5.75. The second kappa shape index (κ2) is 5.27. The molecule has 1 saturated carbocycles. The number of nitrogens with one attached hydrogen (secondary N) is 2. The third-order valence-corrected chi connectivity index (χ3v) is 3.39. The highest BCUT2D eigenvalue weighted by atomic mass is 19.3. The minimum Gasteiger partial charge on any atom is -0.369 e. The molecule has 0 amide bonds. The summed E-state index contributed by atoms with van der Waals surface area (Å²) in [5.74, 6) is -2.88. The van der Waals surface area contributed by atoms with E-state index in [-0.39, 0.29) is 30.9 Å². The van der Waals surface area contributed by atoms with Crippen molar-refractivity contribution in [2.75, 3.05) is 6.54 Å². The van der Waals surface area contributed by atoms with E-state index in [9.17, 15) is 13.6 Å². The average molecular weight is 248 g/mol. The number of hydrogen-bond donors (Lipinski definition) is 2. The van der Waals surface area contributed by atoms with Crippen molar-refractivity contribution >= 4 is 5.97 Å². The Morgan fingerprint density at radius 1 is 1.29 bits per heavy atom. The van der Waals surface area contributed by atoms with Crippen LogP contribution in [0.25, 0.3) is 0 Å². The smallest absolute Gasteiger partial charge is 0.341 e. The van der Waals surface area contributed by atoms with Gasteiger partial charge >= 0.3 is 5.97 Å². The minimum atomic E-state index is -2.55. The SMILES string of the molecule is O=C(ONC1CCC(F)(F)CC1)C1CCCN1. The van der Waals surface area contributed by atoms with Crippen LogP contribution in [0, 0.1) is 0 Å². The molecule has 2 N–H and O–H groups in total. The van der Waals surface area contributed by atoms with E-state index in [0.717, 1.165) is 19.4 Å². The van der Waals surface area contributed by atoms with Crippen molar-refractivity contribution in [1.29, 1.82) is 0 Å². The van der Waals surface area contributed by atoms with Crippen LogP contribution in [0.4, 0.5) is 8.78 Å². The summed E-state index contributed by atoms with van der Waals surface area (Å²) in [6.45, 7) is 0.829. The molecule has 1 atom stereocenters. The van der Waals surface area contributed by atoms with E-state index in [4.69, 9.17) is 4.84 Å². The molecular weight excluding hydrogens is 230 g/mol. The summed E-state index contributed by atoms with van der Waals surface area (Å²) >= 11 is 0. The van der Waals surface area contributed by atoms with Gasteiger partial charge in [0, 0.05) is 18.9 Å². The lowest BCUT2D eigenvalue weighted by atomic mass is 9.93. The number of alkyl halides is 2. The van der Waals surface area contributed by atoms with Gasteiger partial charge in [0.15, 0.2) is 0 Å². The van der Waals surface area contributed by atoms with E-state index in [1.54, 1.807) is 0 Å². The molecule has 0 radical (unpaired) electrons. The third-order valence-electron chi connectivity index (χ3n) is 3.39. The minimum absolute atomic E-state index is 0.135. The van der Waals surface area contributed by atoms with E-state index >= 15 is 0 Å². The van der Waals surface area contributed by atoms with Gasteiger partial charge in [0.1, 0.15) is 6.04 Å². The first kappa shape index (κ1) is 12.7. The number of carbonyl (C=O) groups is 1. The van der Waals surface area contributed by atoms with Gasteiger partial charge in [0.25, 0.3) is 0 Å². The Labute approximate surface area is 99.0 Å². The van der Waals surface area contributed by atoms with Gasteiger partial charge in [-0.3, -0.25) is 0 Å². The Morgan fingerprint density at radius 2 is 2.00 bits per heavy atom. The summed E-state index contributed by atoms with van der Waals surface area (Å²) in [6.07, 6.45) is 2.17. The van der Waals surface area contributed by atoms with Crippen LogP contribution in [0.5, 0.6) is 0 Å². The monoisotopic (exact) mass is 248 g/mol. The zero-order valence-electron chi connectivity index (χ0n) is 9.68. The van der Waals surface area contributed by atoms with Gasteiger partial charge in [-0.15, -0.1) is 5.48 Å². The zero-order chi connectivity index (χ0) is 12.3. The van der Waals surface area contributed by atoms with Crippen LogP contribution in [-0.2, 0) is 9.63 Å². The second-order valence-electron chi connectivity index (χ2n) is 4.82. The van der Waals surface area contributed by atoms with Crippen molar-refractivity contribution in [3.05, 3.63) is 0 Å². The molecule has 1 unspecified atom stereocenters. The van der Waals surface area contributed by atoms with E-state index in [1.165, 1.54) is 0 Å². The fraction of sp³-hybridized carbons (Fsp3) is 0.909. The normalized spacial score (nSPS) is 29.2. The Bertz CT molecular complexity index is 271. The lowest BCUT2D eigenvalue weighted by Gasteiger charge is -2.28. The lowest BCUT2D eigenvalue weighted by molar-refractivity contribution is -0.157. The van der Waals surface area contributed by atoms with Crippen LogP contribution in [0.3, 0.4) is 0 Å². The molecular formula is C11H18F2N2O2. The van der Waals surface area contributed by atoms with E-state index in [0.29, 0.717) is 12.8 Å². The maximum Gasteiger partial charge on any atom is 0.341 e. The van der Waals surface area contributed by atoms with E-state index in [1.807, 2.05) is 0 Å². The maximum absolute atomic E-state index is 12.9. The molecule has 2 fully saturated rings. The molecule has 6 heteroatoms. The number of halogens is 2. The highest BCUT2D eigenvalue weighted by Crippen LogP contribution is 2.32. The lowest BCUT2D eigenvalue weighted by Crippen LogP contribution is -2.42. The van der Waals surface area contributed by atoms with Gasteiger partial charge < -0.3 is 10.2 Å².